The van der Waals surface area contributed by atoms with Crippen LogP contribution in [-0.2, 0) is 6.54 Å². The third kappa shape index (κ3) is 3.95. The number of para-hydroxylation sites is 1. The van der Waals surface area contributed by atoms with Crippen molar-refractivity contribution in [2.24, 2.45) is 0 Å². The minimum Gasteiger partial charge on any atom is -0.457 e. The molecule has 0 aliphatic rings. The van der Waals surface area contributed by atoms with Crippen LogP contribution in [-0.4, -0.2) is 9.55 Å². The third-order valence-corrected chi connectivity index (χ3v) is 6.35. The summed E-state index contributed by atoms with van der Waals surface area (Å²) in [6.07, 6.45) is 1.64. The van der Waals surface area contributed by atoms with Crippen LogP contribution in [0.4, 0.5) is 0 Å². The SMILES string of the molecule is Cc1ccc(-c2csc3ncn(Cc4cccc(Oc5ccccc5)c4)c(=O)c23)c(C)c1. The second-order valence-corrected chi connectivity index (χ2v) is 8.75. The largest absolute Gasteiger partial charge is 0.457 e. The predicted molar refractivity (Wildman–Crippen MR) is 131 cm³/mol. The van der Waals surface area contributed by atoms with Crippen LogP contribution in [0.1, 0.15) is 16.7 Å². The number of rotatable bonds is 5. The van der Waals surface area contributed by atoms with Gasteiger partial charge in [0, 0.05) is 10.9 Å². The lowest BCUT2D eigenvalue weighted by Gasteiger charge is -2.10. The number of nitrogens with zero attached hydrogens (tertiary/aromatic N) is 2. The van der Waals surface area contributed by atoms with Crippen molar-refractivity contribution in [3.05, 3.63) is 112 Å². The van der Waals surface area contributed by atoms with Gasteiger partial charge in [-0.15, -0.1) is 11.3 Å². The molecule has 5 aromatic rings. The lowest BCUT2D eigenvalue weighted by atomic mass is 9.99. The monoisotopic (exact) mass is 438 g/mol. The van der Waals surface area contributed by atoms with E-state index in [9.17, 15) is 4.79 Å². The van der Waals surface area contributed by atoms with Gasteiger partial charge in [-0.1, -0.05) is 54.1 Å². The van der Waals surface area contributed by atoms with Crippen molar-refractivity contribution in [2.75, 3.05) is 0 Å². The molecule has 0 saturated carbocycles. The first kappa shape index (κ1) is 20.2. The number of fused-ring (bicyclic) bond motifs is 1. The molecule has 0 atom stereocenters. The Balaban J connectivity index is 1.50. The van der Waals surface area contributed by atoms with Crippen LogP contribution >= 0.6 is 11.3 Å². The summed E-state index contributed by atoms with van der Waals surface area (Å²) in [5.74, 6) is 1.52. The van der Waals surface area contributed by atoms with E-state index < -0.39 is 0 Å². The van der Waals surface area contributed by atoms with Crippen LogP contribution < -0.4 is 10.3 Å². The smallest absolute Gasteiger partial charge is 0.263 e. The zero-order valence-electron chi connectivity index (χ0n) is 17.9. The average molecular weight is 439 g/mol. The number of benzene rings is 3. The third-order valence-electron chi connectivity index (χ3n) is 5.46. The average Bonchev–Trinajstić information content (AvgIpc) is 3.21. The van der Waals surface area contributed by atoms with Crippen LogP contribution in [0.2, 0.25) is 0 Å². The summed E-state index contributed by atoms with van der Waals surface area (Å²) < 4.78 is 7.61. The Labute approximate surface area is 190 Å². The van der Waals surface area contributed by atoms with Crippen LogP contribution in [0.15, 0.2) is 89.3 Å². The maximum atomic E-state index is 13.4. The predicted octanol–water partition coefficient (Wildman–Crippen LogP) is 6.58. The van der Waals surface area contributed by atoms with Crippen molar-refractivity contribution in [3.63, 3.8) is 0 Å². The van der Waals surface area contributed by atoms with Crippen molar-refractivity contribution < 1.29 is 4.74 Å². The first-order chi connectivity index (χ1) is 15.6. The van der Waals surface area contributed by atoms with Gasteiger partial charge in [0.05, 0.1) is 18.3 Å². The fraction of sp³-hybridized carbons (Fsp3) is 0.111. The summed E-state index contributed by atoms with van der Waals surface area (Å²) in [5.41, 5.74) is 5.35. The topological polar surface area (TPSA) is 44.1 Å². The molecular weight excluding hydrogens is 416 g/mol. The lowest BCUT2D eigenvalue weighted by molar-refractivity contribution is 0.481. The van der Waals surface area contributed by atoms with Gasteiger partial charge in [-0.3, -0.25) is 9.36 Å². The van der Waals surface area contributed by atoms with E-state index in [2.05, 4.69) is 37.0 Å². The molecule has 2 aromatic heterocycles. The van der Waals surface area contributed by atoms with E-state index in [1.807, 2.05) is 60.0 Å². The summed E-state index contributed by atoms with van der Waals surface area (Å²) in [4.78, 5) is 18.8. The molecule has 4 nitrogen and oxygen atoms in total. The van der Waals surface area contributed by atoms with Gasteiger partial charge in [0.15, 0.2) is 0 Å². The Morgan fingerprint density at radius 3 is 2.53 bits per heavy atom. The molecule has 158 valence electrons. The molecule has 3 aromatic carbocycles. The van der Waals surface area contributed by atoms with E-state index in [4.69, 9.17) is 4.74 Å². The second kappa shape index (κ2) is 8.44. The van der Waals surface area contributed by atoms with Gasteiger partial charge in [0.2, 0.25) is 0 Å². The molecule has 5 heteroatoms. The highest BCUT2D eigenvalue weighted by Gasteiger charge is 2.15. The van der Waals surface area contributed by atoms with Crippen molar-refractivity contribution >= 4 is 21.6 Å². The standard InChI is InChI=1S/C27H22N2O2S/c1-18-11-12-23(19(2)13-18)24-16-32-26-25(24)27(30)29(17-28-26)15-20-7-6-10-22(14-20)31-21-8-4-3-5-9-21/h3-14,16-17H,15H2,1-2H3. The molecule has 0 unspecified atom stereocenters. The molecule has 5 rings (SSSR count). The Kier molecular flexibility index (Phi) is 5.33. The van der Waals surface area contributed by atoms with Gasteiger partial charge >= 0.3 is 0 Å². The molecular formula is C27H22N2O2S. The molecule has 0 spiro atoms. The van der Waals surface area contributed by atoms with Crippen LogP contribution in [0.3, 0.4) is 0 Å². The zero-order chi connectivity index (χ0) is 22.1. The summed E-state index contributed by atoms with van der Waals surface area (Å²) in [5, 5.41) is 2.72. The Bertz CT molecular complexity index is 1470. The Morgan fingerprint density at radius 1 is 0.906 bits per heavy atom. The maximum absolute atomic E-state index is 13.4. The molecule has 0 aliphatic heterocycles. The molecule has 0 radical (unpaired) electrons. The summed E-state index contributed by atoms with van der Waals surface area (Å²) in [7, 11) is 0. The van der Waals surface area contributed by atoms with Gasteiger partial charge < -0.3 is 4.74 Å². The Morgan fingerprint density at radius 2 is 1.72 bits per heavy atom. The van der Waals surface area contributed by atoms with Crippen molar-refractivity contribution in [1.29, 1.82) is 0 Å². The quantitative estimate of drug-likeness (QED) is 0.311. The molecule has 0 bridgehead atoms. The number of ether oxygens (including phenoxy) is 1. The highest BCUT2D eigenvalue weighted by atomic mass is 32.1. The molecule has 0 saturated heterocycles. The van der Waals surface area contributed by atoms with Gasteiger partial charge in [-0.25, -0.2) is 4.98 Å². The highest BCUT2D eigenvalue weighted by Crippen LogP contribution is 2.33. The maximum Gasteiger partial charge on any atom is 0.263 e. The van der Waals surface area contributed by atoms with Crippen LogP contribution in [0.25, 0.3) is 21.3 Å². The molecule has 32 heavy (non-hydrogen) atoms. The van der Waals surface area contributed by atoms with Gasteiger partial charge in [0.25, 0.3) is 5.56 Å². The first-order valence-corrected chi connectivity index (χ1v) is 11.3. The fourth-order valence-corrected chi connectivity index (χ4v) is 4.82. The summed E-state index contributed by atoms with van der Waals surface area (Å²) in [6, 6.07) is 23.8. The van der Waals surface area contributed by atoms with Gasteiger partial charge in [0.1, 0.15) is 16.3 Å². The van der Waals surface area contributed by atoms with E-state index in [1.54, 1.807) is 10.9 Å². The van der Waals surface area contributed by atoms with Crippen molar-refractivity contribution in [1.82, 2.24) is 9.55 Å². The highest BCUT2D eigenvalue weighted by molar-refractivity contribution is 7.17. The zero-order valence-corrected chi connectivity index (χ0v) is 18.7. The fourth-order valence-electron chi connectivity index (χ4n) is 3.92. The molecule has 0 aliphatic carbocycles. The lowest BCUT2D eigenvalue weighted by Crippen LogP contribution is -2.21. The molecule has 0 fully saturated rings. The minimum absolute atomic E-state index is 0.0272. The summed E-state index contributed by atoms with van der Waals surface area (Å²) >= 11 is 1.51. The van der Waals surface area contributed by atoms with Crippen molar-refractivity contribution in [2.45, 2.75) is 20.4 Å². The number of hydrogen-bond acceptors (Lipinski definition) is 4. The van der Waals surface area contributed by atoms with E-state index in [0.717, 1.165) is 38.6 Å². The normalized spacial score (nSPS) is 11.1. The number of hydrogen-bond donors (Lipinski definition) is 0. The van der Waals surface area contributed by atoms with Crippen LogP contribution in [0.5, 0.6) is 11.5 Å². The van der Waals surface area contributed by atoms with Crippen LogP contribution in [0, 0.1) is 13.8 Å². The number of aromatic nitrogens is 2. The van der Waals surface area contributed by atoms with Gasteiger partial charge in [-0.2, -0.15) is 0 Å². The first-order valence-electron chi connectivity index (χ1n) is 10.4. The van der Waals surface area contributed by atoms with E-state index in [0.29, 0.717) is 11.9 Å². The van der Waals surface area contributed by atoms with E-state index in [-0.39, 0.29) is 5.56 Å². The molecule has 2 heterocycles. The van der Waals surface area contributed by atoms with E-state index >= 15 is 0 Å². The molecule has 0 N–H and O–H groups in total. The summed E-state index contributed by atoms with van der Waals surface area (Å²) in [6.45, 7) is 4.58. The van der Waals surface area contributed by atoms with E-state index in [1.165, 1.54) is 16.9 Å². The number of thiophene rings is 1. The Hall–Kier alpha value is -3.70. The number of aryl methyl sites for hydroxylation is 2. The minimum atomic E-state index is -0.0272. The molecule has 0 amide bonds. The van der Waals surface area contributed by atoms with Gasteiger partial charge in [-0.05, 0) is 54.8 Å². The second-order valence-electron chi connectivity index (χ2n) is 7.89. The van der Waals surface area contributed by atoms with Crippen molar-refractivity contribution in [3.8, 4) is 22.6 Å².